The van der Waals surface area contributed by atoms with Crippen molar-refractivity contribution in [1.29, 1.82) is 0 Å². The van der Waals surface area contributed by atoms with Crippen molar-refractivity contribution in [2.24, 2.45) is 22.9 Å². The molecule has 1 aromatic rings. The van der Waals surface area contributed by atoms with Gasteiger partial charge in [-0.05, 0) is 12.8 Å². The summed E-state index contributed by atoms with van der Waals surface area (Å²) < 4.78 is 11.8. The highest BCUT2D eigenvalue weighted by molar-refractivity contribution is 5.48. The van der Waals surface area contributed by atoms with Gasteiger partial charge in [0, 0.05) is 76.3 Å². The molecule has 12 nitrogen and oxygen atoms in total. The molecule has 1 aromatic heterocycles. The number of aromatic nitrogens is 3. The second kappa shape index (κ2) is 8.84. The van der Waals surface area contributed by atoms with Gasteiger partial charge in [-0.25, -0.2) is 0 Å². The zero-order valence-electron chi connectivity index (χ0n) is 18.6. The van der Waals surface area contributed by atoms with Crippen LogP contribution in [0.4, 0.5) is 17.8 Å². The van der Waals surface area contributed by atoms with E-state index in [1.807, 2.05) is 0 Å². The zero-order valence-corrected chi connectivity index (χ0v) is 18.6. The molecule has 8 N–H and O–H groups in total. The SMILES string of the molecule is N[C@@H]1C[C@H](N)CN(c2nc(N3CCC4(CC3)OCCO4)nc(N3C[C@H](N)C[C@H](N)C3)n2)C1. The minimum atomic E-state index is -0.450. The van der Waals surface area contributed by atoms with Gasteiger partial charge in [-0.1, -0.05) is 0 Å². The molecule has 1 spiro atoms. The molecule has 178 valence electrons. The third-order valence-electron chi connectivity index (χ3n) is 6.82. The van der Waals surface area contributed by atoms with Crippen LogP contribution in [0.1, 0.15) is 25.7 Å². The first-order valence-corrected chi connectivity index (χ1v) is 11.7. The molecule has 0 radical (unpaired) electrons. The molecular weight excluding hydrogens is 412 g/mol. The third kappa shape index (κ3) is 4.61. The lowest BCUT2D eigenvalue weighted by Crippen LogP contribution is -2.54. The van der Waals surface area contributed by atoms with Crippen molar-refractivity contribution in [2.75, 3.05) is 67.2 Å². The van der Waals surface area contributed by atoms with Crippen LogP contribution < -0.4 is 37.6 Å². The van der Waals surface area contributed by atoms with Crippen molar-refractivity contribution in [3.63, 3.8) is 0 Å². The van der Waals surface area contributed by atoms with Gasteiger partial charge in [0.25, 0.3) is 0 Å². The Balaban J connectivity index is 1.43. The fourth-order valence-electron chi connectivity index (χ4n) is 5.28. The van der Waals surface area contributed by atoms with Crippen LogP contribution in [-0.2, 0) is 9.47 Å². The van der Waals surface area contributed by atoms with Crippen LogP contribution in [0, 0.1) is 0 Å². The Labute approximate surface area is 188 Å². The van der Waals surface area contributed by atoms with E-state index in [1.165, 1.54) is 0 Å². The summed E-state index contributed by atoms with van der Waals surface area (Å²) in [7, 11) is 0. The molecule has 4 saturated heterocycles. The van der Waals surface area contributed by atoms with Crippen LogP contribution in [0.15, 0.2) is 0 Å². The Bertz CT molecular complexity index is 732. The predicted molar refractivity (Wildman–Crippen MR) is 121 cm³/mol. The Morgan fingerprint density at radius 1 is 0.625 bits per heavy atom. The molecule has 4 aliphatic heterocycles. The van der Waals surface area contributed by atoms with Gasteiger partial charge in [0.15, 0.2) is 5.79 Å². The molecule has 12 heteroatoms. The second-order valence-electron chi connectivity index (χ2n) is 9.65. The summed E-state index contributed by atoms with van der Waals surface area (Å²) >= 11 is 0. The van der Waals surface area contributed by atoms with Gasteiger partial charge >= 0.3 is 0 Å². The third-order valence-corrected chi connectivity index (χ3v) is 6.82. The van der Waals surface area contributed by atoms with Crippen LogP contribution in [-0.4, -0.2) is 97.4 Å². The van der Waals surface area contributed by atoms with Gasteiger partial charge in [0.1, 0.15) is 0 Å². The lowest BCUT2D eigenvalue weighted by molar-refractivity contribution is -0.169. The van der Waals surface area contributed by atoms with Gasteiger partial charge in [-0.3, -0.25) is 0 Å². The van der Waals surface area contributed by atoms with Crippen molar-refractivity contribution >= 4 is 17.8 Å². The van der Waals surface area contributed by atoms with Gasteiger partial charge < -0.3 is 47.1 Å². The molecule has 4 aliphatic rings. The summed E-state index contributed by atoms with van der Waals surface area (Å²) in [5.74, 6) is 1.42. The fraction of sp³-hybridized carbons (Fsp3) is 0.850. The average molecular weight is 449 g/mol. The first-order valence-electron chi connectivity index (χ1n) is 11.7. The number of piperidine rings is 3. The summed E-state index contributed by atoms with van der Waals surface area (Å²) in [6, 6.07) is -0.0342. The van der Waals surface area contributed by atoms with E-state index in [4.69, 9.17) is 47.4 Å². The minimum absolute atomic E-state index is 0.00856. The number of hydrogen-bond donors (Lipinski definition) is 4. The van der Waals surface area contributed by atoms with Gasteiger partial charge in [-0.15, -0.1) is 0 Å². The Kier molecular flexibility index (Phi) is 6.07. The second-order valence-corrected chi connectivity index (χ2v) is 9.65. The summed E-state index contributed by atoms with van der Waals surface area (Å²) in [6.07, 6.45) is 3.15. The maximum absolute atomic E-state index is 6.24. The predicted octanol–water partition coefficient (Wildman–Crippen LogP) is -2.06. The first kappa shape index (κ1) is 22.0. The number of ether oxygens (including phenoxy) is 2. The number of rotatable bonds is 3. The fourth-order valence-corrected chi connectivity index (χ4v) is 5.28. The van der Waals surface area contributed by atoms with E-state index < -0.39 is 5.79 Å². The maximum Gasteiger partial charge on any atom is 0.232 e. The van der Waals surface area contributed by atoms with Crippen molar-refractivity contribution in [3.8, 4) is 0 Å². The molecule has 0 aliphatic carbocycles. The molecule has 4 fully saturated rings. The zero-order chi connectivity index (χ0) is 22.3. The van der Waals surface area contributed by atoms with Gasteiger partial charge in [0.05, 0.1) is 13.2 Å². The topological polar surface area (TPSA) is 171 Å². The Morgan fingerprint density at radius 2 is 1.00 bits per heavy atom. The molecule has 0 bridgehead atoms. The summed E-state index contributed by atoms with van der Waals surface area (Å²) in [5, 5.41) is 0. The molecule has 5 heterocycles. The molecule has 0 aromatic carbocycles. The summed E-state index contributed by atoms with van der Waals surface area (Å²) in [6.45, 7) is 5.49. The number of anilines is 3. The van der Waals surface area contributed by atoms with Crippen molar-refractivity contribution in [3.05, 3.63) is 0 Å². The standard InChI is InChI=1S/C20H36N10O2/c21-13-7-14(22)10-29(9-13)18-25-17(28-3-1-20(2-4-28)31-5-6-32-20)26-19(27-18)30-11-15(23)8-16(24)12-30/h13-16H,1-12,21-24H2/t13-,14+,15-,16+. The largest absolute Gasteiger partial charge is 0.347 e. The Hall–Kier alpha value is -1.83. The summed E-state index contributed by atoms with van der Waals surface area (Å²) in [4.78, 5) is 20.8. The van der Waals surface area contributed by atoms with Gasteiger partial charge in [0.2, 0.25) is 17.8 Å². The Morgan fingerprint density at radius 3 is 1.41 bits per heavy atom. The highest BCUT2D eigenvalue weighted by atomic mass is 16.7. The first-order chi connectivity index (χ1) is 15.4. The van der Waals surface area contributed by atoms with Crippen LogP contribution in [0.25, 0.3) is 0 Å². The highest BCUT2D eigenvalue weighted by Crippen LogP contribution is 2.33. The van der Waals surface area contributed by atoms with E-state index in [-0.39, 0.29) is 24.2 Å². The van der Waals surface area contributed by atoms with E-state index in [0.717, 1.165) is 38.8 Å². The quantitative estimate of drug-likeness (QED) is 0.399. The molecule has 4 atom stereocenters. The van der Waals surface area contributed by atoms with E-state index in [2.05, 4.69) is 14.7 Å². The summed E-state index contributed by atoms with van der Waals surface area (Å²) in [5.41, 5.74) is 25.0. The molecule has 32 heavy (non-hydrogen) atoms. The molecule has 5 rings (SSSR count). The lowest BCUT2D eigenvalue weighted by atomic mass is 10.0. The van der Waals surface area contributed by atoms with E-state index in [0.29, 0.717) is 57.2 Å². The average Bonchev–Trinajstić information content (AvgIpc) is 3.20. The normalized spacial score (nSPS) is 33.2. The number of nitrogens with two attached hydrogens (primary N) is 4. The van der Waals surface area contributed by atoms with E-state index in [9.17, 15) is 0 Å². The van der Waals surface area contributed by atoms with Crippen molar-refractivity contribution in [1.82, 2.24) is 15.0 Å². The molecular formula is C20H36N10O2. The van der Waals surface area contributed by atoms with Gasteiger partial charge in [-0.2, -0.15) is 15.0 Å². The molecule has 0 amide bonds. The van der Waals surface area contributed by atoms with E-state index >= 15 is 0 Å². The van der Waals surface area contributed by atoms with Crippen LogP contribution in [0.5, 0.6) is 0 Å². The van der Waals surface area contributed by atoms with Crippen LogP contribution >= 0.6 is 0 Å². The lowest BCUT2D eigenvalue weighted by Gasteiger charge is -2.39. The van der Waals surface area contributed by atoms with E-state index in [1.54, 1.807) is 0 Å². The van der Waals surface area contributed by atoms with Crippen LogP contribution in [0.3, 0.4) is 0 Å². The number of nitrogens with zero attached hydrogens (tertiary/aromatic N) is 6. The molecule has 0 unspecified atom stereocenters. The maximum atomic E-state index is 6.24. The monoisotopic (exact) mass is 448 g/mol. The molecule has 0 saturated carbocycles. The number of hydrogen-bond acceptors (Lipinski definition) is 12. The van der Waals surface area contributed by atoms with Crippen molar-refractivity contribution in [2.45, 2.75) is 55.6 Å². The smallest absolute Gasteiger partial charge is 0.232 e. The van der Waals surface area contributed by atoms with Crippen LogP contribution in [0.2, 0.25) is 0 Å². The minimum Gasteiger partial charge on any atom is -0.347 e. The highest BCUT2D eigenvalue weighted by Gasteiger charge is 2.40. The van der Waals surface area contributed by atoms with Crippen molar-refractivity contribution < 1.29 is 9.47 Å².